The van der Waals surface area contributed by atoms with Gasteiger partial charge in [0, 0.05) is 20.0 Å². The molecule has 0 spiro atoms. The summed E-state index contributed by atoms with van der Waals surface area (Å²) < 4.78 is 6.68. The summed E-state index contributed by atoms with van der Waals surface area (Å²) in [7, 11) is 1.31. The van der Waals surface area contributed by atoms with Crippen molar-refractivity contribution in [2.45, 2.75) is 12.5 Å². The first-order valence-corrected chi connectivity index (χ1v) is 8.75. The maximum atomic E-state index is 12.3. The lowest BCUT2D eigenvalue weighted by Gasteiger charge is -2.17. The van der Waals surface area contributed by atoms with Crippen LogP contribution in [-0.2, 0) is 16.0 Å². The van der Waals surface area contributed by atoms with Gasteiger partial charge in [-0.05, 0) is 58.5 Å². The molecule has 6 heteroatoms. The van der Waals surface area contributed by atoms with Crippen molar-refractivity contribution in [1.82, 2.24) is 5.32 Å². The third-order valence-corrected chi connectivity index (χ3v) is 4.37. The van der Waals surface area contributed by atoms with Crippen LogP contribution in [0.5, 0.6) is 0 Å². The number of halogens is 2. The topological polar surface area (TPSA) is 55.4 Å². The molecule has 0 unspecified atom stereocenters. The fourth-order valence-electron chi connectivity index (χ4n) is 2.11. The maximum absolute atomic E-state index is 12.3. The van der Waals surface area contributed by atoms with Crippen LogP contribution in [0, 0.1) is 3.57 Å². The number of hydrogen-bond donors (Lipinski definition) is 1. The average molecular weight is 488 g/mol. The second-order valence-corrected chi connectivity index (χ2v) is 7.05. The summed E-state index contributed by atoms with van der Waals surface area (Å²) in [6.45, 7) is 0. The minimum atomic E-state index is -0.732. The van der Waals surface area contributed by atoms with Crippen molar-refractivity contribution in [1.29, 1.82) is 0 Å². The number of ether oxygens (including phenoxy) is 1. The van der Waals surface area contributed by atoms with Gasteiger partial charge in [-0.25, -0.2) is 4.79 Å². The first kappa shape index (κ1) is 17.9. The fraction of sp³-hybridized carbons (Fsp3) is 0.176. The molecule has 1 amide bonds. The van der Waals surface area contributed by atoms with Gasteiger partial charge in [0.2, 0.25) is 0 Å². The summed E-state index contributed by atoms with van der Waals surface area (Å²) in [6, 6.07) is 14.1. The van der Waals surface area contributed by atoms with Crippen LogP contribution in [0.1, 0.15) is 15.9 Å². The number of nitrogens with one attached hydrogen (secondary N) is 1. The van der Waals surface area contributed by atoms with E-state index in [1.165, 1.54) is 7.11 Å². The molecule has 0 aliphatic carbocycles. The third-order valence-electron chi connectivity index (χ3n) is 3.21. The molecule has 0 aromatic heterocycles. The number of carbonyl (C=O) groups is 2. The molecule has 0 bridgehead atoms. The van der Waals surface area contributed by atoms with Crippen molar-refractivity contribution in [3.63, 3.8) is 0 Å². The summed E-state index contributed by atoms with van der Waals surface area (Å²) in [5, 5.41) is 2.74. The summed E-state index contributed by atoms with van der Waals surface area (Å²) in [5.74, 6) is -0.778. The Morgan fingerprint density at radius 3 is 2.61 bits per heavy atom. The Morgan fingerprint density at radius 1 is 1.22 bits per heavy atom. The van der Waals surface area contributed by atoms with E-state index in [1.54, 1.807) is 18.2 Å². The maximum Gasteiger partial charge on any atom is 0.328 e. The van der Waals surface area contributed by atoms with Gasteiger partial charge in [0.25, 0.3) is 5.91 Å². The van der Waals surface area contributed by atoms with Crippen LogP contribution in [0.4, 0.5) is 0 Å². The van der Waals surface area contributed by atoms with Gasteiger partial charge in [0.15, 0.2) is 0 Å². The molecule has 1 N–H and O–H groups in total. The smallest absolute Gasteiger partial charge is 0.328 e. The van der Waals surface area contributed by atoms with E-state index in [0.717, 1.165) is 13.6 Å². The zero-order valence-electron chi connectivity index (χ0n) is 12.4. The standard InChI is InChI=1S/C17H15BrINO3/c1-23-17(22)15(9-11-4-2-7-14(19)8-11)20-16(21)12-5-3-6-13(18)10-12/h2-8,10,15H,9H2,1H3,(H,20,21)/t15-/m0/s1. The summed E-state index contributed by atoms with van der Waals surface area (Å²) in [4.78, 5) is 24.3. The summed E-state index contributed by atoms with van der Waals surface area (Å²) in [6.07, 6.45) is 0.378. The molecule has 2 rings (SSSR count). The molecule has 0 aliphatic rings. The Balaban J connectivity index is 2.15. The van der Waals surface area contributed by atoms with Crippen molar-refractivity contribution in [2.24, 2.45) is 0 Å². The molecule has 0 fully saturated rings. The van der Waals surface area contributed by atoms with Crippen molar-refractivity contribution in [3.05, 3.63) is 67.7 Å². The Hall–Kier alpha value is -1.41. The lowest BCUT2D eigenvalue weighted by atomic mass is 10.1. The number of rotatable bonds is 5. The van der Waals surface area contributed by atoms with Crippen LogP contribution >= 0.6 is 38.5 Å². The number of hydrogen-bond acceptors (Lipinski definition) is 3. The average Bonchev–Trinajstić information content (AvgIpc) is 2.53. The largest absolute Gasteiger partial charge is 0.467 e. The van der Waals surface area contributed by atoms with Crippen LogP contribution in [0.3, 0.4) is 0 Å². The number of amides is 1. The lowest BCUT2D eigenvalue weighted by Crippen LogP contribution is -2.43. The zero-order chi connectivity index (χ0) is 16.8. The number of methoxy groups -OCH3 is 1. The van der Waals surface area contributed by atoms with E-state index < -0.39 is 12.0 Å². The van der Waals surface area contributed by atoms with Gasteiger partial charge >= 0.3 is 5.97 Å². The van der Waals surface area contributed by atoms with Gasteiger partial charge in [-0.15, -0.1) is 0 Å². The molecule has 23 heavy (non-hydrogen) atoms. The molecule has 0 heterocycles. The van der Waals surface area contributed by atoms with Crippen LogP contribution < -0.4 is 5.32 Å². The second kappa shape index (κ2) is 8.44. The lowest BCUT2D eigenvalue weighted by molar-refractivity contribution is -0.142. The summed E-state index contributed by atoms with van der Waals surface area (Å²) >= 11 is 5.54. The first-order valence-electron chi connectivity index (χ1n) is 6.88. The third kappa shape index (κ3) is 5.31. The van der Waals surface area contributed by atoms with E-state index in [9.17, 15) is 9.59 Å². The Labute approximate surface area is 156 Å². The molecule has 0 saturated heterocycles. The van der Waals surface area contributed by atoms with Gasteiger partial charge in [-0.2, -0.15) is 0 Å². The van der Waals surface area contributed by atoms with Crippen molar-refractivity contribution in [2.75, 3.05) is 7.11 Å². The van der Waals surface area contributed by atoms with Crippen LogP contribution in [0.25, 0.3) is 0 Å². The highest BCUT2D eigenvalue weighted by molar-refractivity contribution is 14.1. The highest BCUT2D eigenvalue weighted by Gasteiger charge is 2.22. The van der Waals surface area contributed by atoms with Crippen molar-refractivity contribution < 1.29 is 14.3 Å². The summed E-state index contributed by atoms with van der Waals surface area (Å²) in [5.41, 5.74) is 1.44. The molecule has 0 radical (unpaired) electrons. The van der Waals surface area contributed by atoms with E-state index in [-0.39, 0.29) is 5.91 Å². The van der Waals surface area contributed by atoms with E-state index >= 15 is 0 Å². The quantitative estimate of drug-likeness (QED) is 0.518. The molecule has 0 saturated carbocycles. The predicted octanol–water partition coefficient (Wildman–Crippen LogP) is 3.57. The Bertz CT molecular complexity index is 720. The molecule has 2 aromatic rings. The molecular formula is C17H15BrINO3. The zero-order valence-corrected chi connectivity index (χ0v) is 16.1. The van der Waals surface area contributed by atoms with Gasteiger partial charge in [0.1, 0.15) is 6.04 Å². The van der Waals surface area contributed by atoms with E-state index in [1.807, 2.05) is 30.3 Å². The van der Waals surface area contributed by atoms with Gasteiger partial charge < -0.3 is 10.1 Å². The van der Waals surface area contributed by atoms with Crippen molar-refractivity contribution >= 4 is 50.4 Å². The SMILES string of the molecule is COC(=O)[C@H](Cc1cccc(I)c1)NC(=O)c1cccc(Br)c1. The Morgan fingerprint density at radius 2 is 1.96 bits per heavy atom. The molecule has 4 nitrogen and oxygen atoms in total. The monoisotopic (exact) mass is 487 g/mol. The number of carbonyl (C=O) groups excluding carboxylic acids is 2. The van der Waals surface area contributed by atoms with Crippen LogP contribution in [-0.4, -0.2) is 25.0 Å². The van der Waals surface area contributed by atoms with Crippen molar-refractivity contribution in [3.8, 4) is 0 Å². The highest BCUT2D eigenvalue weighted by Crippen LogP contribution is 2.13. The van der Waals surface area contributed by atoms with Gasteiger partial charge in [-0.3, -0.25) is 4.79 Å². The van der Waals surface area contributed by atoms with E-state index in [4.69, 9.17) is 4.74 Å². The van der Waals surface area contributed by atoms with Gasteiger partial charge in [-0.1, -0.05) is 34.1 Å². The first-order chi connectivity index (χ1) is 11.0. The van der Waals surface area contributed by atoms with E-state index in [0.29, 0.717) is 12.0 Å². The molecule has 0 aliphatic heterocycles. The normalized spacial score (nSPS) is 11.6. The second-order valence-electron chi connectivity index (χ2n) is 4.89. The molecule has 120 valence electrons. The number of benzene rings is 2. The fourth-order valence-corrected chi connectivity index (χ4v) is 3.11. The highest BCUT2D eigenvalue weighted by atomic mass is 127. The van der Waals surface area contributed by atoms with E-state index in [2.05, 4.69) is 43.8 Å². The molecule has 2 aromatic carbocycles. The molecule has 1 atom stereocenters. The minimum Gasteiger partial charge on any atom is -0.467 e. The Kier molecular flexibility index (Phi) is 6.59. The van der Waals surface area contributed by atoms with Crippen LogP contribution in [0.2, 0.25) is 0 Å². The minimum absolute atomic E-state index is 0.313. The van der Waals surface area contributed by atoms with Gasteiger partial charge in [0.05, 0.1) is 7.11 Å². The van der Waals surface area contributed by atoms with Crippen LogP contribution in [0.15, 0.2) is 53.0 Å². The number of esters is 1. The molecular weight excluding hydrogens is 473 g/mol. The predicted molar refractivity (Wildman–Crippen MR) is 100 cm³/mol.